The molecule has 254 valence electrons. The molecule has 12 nitrogen and oxygen atoms in total. The van der Waals surface area contributed by atoms with Crippen LogP contribution >= 0.6 is 23.2 Å². The smallest absolute Gasteiger partial charge is 0.229 e. The van der Waals surface area contributed by atoms with E-state index in [2.05, 4.69) is 33.8 Å². The Hall–Kier alpha value is -3.46. The van der Waals surface area contributed by atoms with Crippen molar-refractivity contribution >= 4 is 46.3 Å². The first-order chi connectivity index (χ1) is 23.5. The third-order valence-electron chi connectivity index (χ3n) is 8.39. The first-order valence-electron chi connectivity index (χ1n) is 15.7. The molecule has 2 aromatic carbocycles. The van der Waals surface area contributed by atoms with Crippen molar-refractivity contribution in [2.24, 2.45) is 0 Å². The van der Waals surface area contributed by atoms with Crippen LogP contribution in [0.5, 0.6) is 11.5 Å². The molecule has 4 aliphatic heterocycles. The molecule has 3 aromatic rings. The van der Waals surface area contributed by atoms with Gasteiger partial charge < -0.3 is 48.5 Å². The summed E-state index contributed by atoms with van der Waals surface area (Å²) >= 11 is 13.2. The van der Waals surface area contributed by atoms with E-state index in [-0.39, 0.29) is 48.8 Å². The number of aromatic nitrogens is 2. The first kappa shape index (κ1) is 33.1. The molecule has 0 unspecified atom stereocenters. The Morgan fingerprint density at radius 3 is 1.67 bits per heavy atom. The maximum absolute atomic E-state index is 6.61. The second-order valence-electron chi connectivity index (χ2n) is 11.6. The summed E-state index contributed by atoms with van der Waals surface area (Å²) in [6, 6.07) is 12.6. The fourth-order valence-corrected chi connectivity index (χ4v) is 6.62. The van der Waals surface area contributed by atoms with Crippen LogP contribution in [0.2, 0.25) is 10.0 Å². The standard InChI is InChI=1S/C34H36Cl2N4O8/c1-3-11-41-25-15-43-32-27(17-45-30(25)32)47-23-7-5-19(13-21(23)35)38-29-9-10-37-34(40-29)39-20-6-8-24(22(36)14-20)48-28-18-46-31-26(42-12-4-2)16-44-33(28)31/h3-10,13-14,25-28,30-33H,1-2,11-12,15-18H2,(H2,37,38,39,40)/t25-,26-,27-,28-,30+,31+,32+,33+/m0/s1. The van der Waals surface area contributed by atoms with Gasteiger partial charge in [0.15, 0.2) is 12.2 Å². The van der Waals surface area contributed by atoms with Crippen LogP contribution in [0.1, 0.15) is 0 Å². The number of halogens is 2. The minimum Gasteiger partial charge on any atom is -0.484 e. The lowest BCUT2D eigenvalue weighted by Gasteiger charge is -2.19. The highest BCUT2D eigenvalue weighted by atomic mass is 35.5. The van der Waals surface area contributed by atoms with E-state index in [4.69, 9.17) is 61.1 Å². The topological polar surface area (TPSA) is 124 Å². The van der Waals surface area contributed by atoms with Gasteiger partial charge in [-0.1, -0.05) is 35.4 Å². The number of hydrogen-bond donors (Lipinski definition) is 2. The van der Waals surface area contributed by atoms with Crippen LogP contribution in [0.15, 0.2) is 74.0 Å². The van der Waals surface area contributed by atoms with E-state index in [1.807, 2.05) is 12.1 Å². The molecule has 0 spiro atoms. The van der Waals surface area contributed by atoms with Gasteiger partial charge in [-0.15, -0.1) is 13.2 Å². The number of ether oxygens (including phenoxy) is 8. The molecule has 0 bridgehead atoms. The van der Waals surface area contributed by atoms with Crippen molar-refractivity contribution in [2.75, 3.05) is 50.3 Å². The van der Waals surface area contributed by atoms with E-state index in [1.165, 1.54) is 0 Å². The van der Waals surface area contributed by atoms with Crippen molar-refractivity contribution in [1.82, 2.24) is 9.97 Å². The third-order valence-corrected chi connectivity index (χ3v) is 8.98. The molecule has 0 amide bonds. The fraction of sp³-hybridized carbons (Fsp3) is 0.412. The summed E-state index contributed by atoms with van der Waals surface area (Å²) in [4.78, 5) is 8.92. The lowest BCUT2D eigenvalue weighted by molar-refractivity contribution is -0.0258. The lowest BCUT2D eigenvalue weighted by atomic mass is 10.1. The Bertz CT molecular complexity index is 1500. The summed E-state index contributed by atoms with van der Waals surface area (Å²) < 4.78 is 47.6. The van der Waals surface area contributed by atoms with Gasteiger partial charge in [-0.05, 0) is 42.5 Å². The number of benzene rings is 2. The summed E-state index contributed by atoms with van der Waals surface area (Å²) in [5.74, 6) is 1.98. The molecule has 0 saturated carbocycles. The normalized spacial score (nSPS) is 28.9. The molecular formula is C34H36Cl2N4O8. The molecular weight excluding hydrogens is 663 g/mol. The quantitative estimate of drug-likeness (QED) is 0.207. The number of nitrogens with one attached hydrogen (secondary N) is 2. The number of nitrogens with zero attached hydrogens (tertiary/aromatic N) is 2. The zero-order valence-corrected chi connectivity index (χ0v) is 27.5. The van der Waals surface area contributed by atoms with E-state index in [0.29, 0.717) is 78.6 Å². The van der Waals surface area contributed by atoms with Crippen molar-refractivity contribution in [3.8, 4) is 11.5 Å². The molecule has 8 atom stereocenters. The molecule has 7 rings (SSSR count). The molecule has 0 aliphatic carbocycles. The van der Waals surface area contributed by atoms with Crippen LogP contribution < -0.4 is 20.1 Å². The second kappa shape index (κ2) is 15.0. The van der Waals surface area contributed by atoms with E-state index < -0.39 is 0 Å². The zero-order chi connectivity index (χ0) is 33.0. The zero-order valence-electron chi connectivity index (χ0n) is 26.0. The van der Waals surface area contributed by atoms with Gasteiger partial charge in [-0.25, -0.2) is 4.98 Å². The molecule has 4 fully saturated rings. The molecule has 4 saturated heterocycles. The molecule has 5 heterocycles. The van der Waals surface area contributed by atoms with Gasteiger partial charge in [0.2, 0.25) is 5.95 Å². The highest BCUT2D eigenvalue weighted by Crippen LogP contribution is 2.37. The average molecular weight is 700 g/mol. The number of hydrogen-bond acceptors (Lipinski definition) is 12. The number of rotatable bonds is 14. The van der Waals surface area contributed by atoms with E-state index >= 15 is 0 Å². The summed E-state index contributed by atoms with van der Waals surface area (Å²) in [7, 11) is 0. The van der Waals surface area contributed by atoms with Gasteiger partial charge in [0.1, 0.15) is 53.9 Å². The van der Waals surface area contributed by atoms with Gasteiger partial charge in [-0.2, -0.15) is 4.98 Å². The highest BCUT2D eigenvalue weighted by Gasteiger charge is 2.50. The number of fused-ring (bicyclic) bond motifs is 2. The minimum atomic E-state index is -0.301. The number of anilines is 4. The molecule has 0 radical (unpaired) electrons. The van der Waals surface area contributed by atoms with Crippen molar-refractivity contribution < 1.29 is 37.9 Å². The average Bonchev–Trinajstić information content (AvgIpc) is 3.86. The maximum atomic E-state index is 6.61. The Labute approximate surface area is 288 Å². The Morgan fingerprint density at radius 1 is 0.688 bits per heavy atom. The predicted molar refractivity (Wildman–Crippen MR) is 179 cm³/mol. The van der Waals surface area contributed by atoms with E-state index in [1.54, 1.807) is 48.7 Å². The second-order valence-corrected chi connectivity index (χ2v) is 12.4. The Morgan fingerprint density at radius 2 is 1.17 bits per heavy atom. The van der Waals surface area contributed by atoms with E-state index in [9.17, 15) is 0 Å². The maximum Gasteiger partial charge on any atom is 0.229 e. The lowest BCUT2D eigenvalue weighted by Crippen LogP contribution is -2.35. The van der Waals surface area contributed by atoms with Crippen LogP contribution in [0.25, 0.3) is 0 Å². The van der Waals surface area contributed by atoms with Crippen LogP contribution in [0, 0.1) is 0 Å². The van der Waals surface area contributed by atoms with Crippen molar-refractivity contribution in [3.63, 3.8) is 0 Å². The largest absolute Gasteiger partial charge is 0.484 e. The summed E-state index contributed by atoms with van der Waals surface area (Å²) in [6.07, 6.45) is 3.33. The van der Waals surface area contributed by atoms with Crippen LogP contribution in [-0.2, 0) is 28.4 Å². The first-order valence-corrected chi connectivity index (χ1v) is 16.5. The van der Waals surface area contributed by atoms with Gasteiger partial charge in [0, 0.05) is 17.6 Å². The predicted octanol–water partition coefficient (Wildman–Crippen LogP) is 5.50. The van der Waals surface area contributed by atoms with Crippen LogP contribution in [0.3, 0.4) is 0 Å². The summed E-state index contributed by atoms with van der Waals surface area (Å²) in [5.41, 5.74) is 1.41. The van der Waals surface area contributed by atoms with Crippen molar-refractivity contribution in [2.45, 2.75) is 48.8 Å². The van der Waals surface area contributed by atoms with Gasteiger partial charge in [-0.3, -0.25) is 0 Å². The van der Waals surface area contributed by atoms with Crippen molar-refractivity contribution in [1.29, 1.82) is 0 Å². The molecule has 4 aliphatic rings. The van der Waals surface area contributed by atoms with Crippen LogP contribution in [-0.4, -0.2) is 98.4 Å². The van der Waals surface area contributed by atoms with Gasteiger partial charge in [0.05, 0.1) is 49.7 Å². The SMILES string of the molecule is C=CCO[C@H]1CO[C@H]2[C@@H]1OC[C@@H]2Oc1ccc(Nc2ccnc(Nc3ccc(O[C@H]4CO[C@H]5[C@@H]4OC[C@@H]5OCC=C)c(Cl)c3)n2)cc1Cl. The minimum absolute atomic E-state index is 0.147. The molecule has 48 heavy (non-hydrogen) atoms. The Balaban J connectivity index is 0.931. The highest BCUT2D eigenvalue weighted by molar-refractivity contribution is 6.32. The Kier molecular flexibility index (Phi) is 10.3. The fourth-order valence-electron chi connectivity index (χ4n) is 6.17. The van der Waals surface area contributed by atoms with Gasteiger partial charge in [0.25, 0.3) is 0 Å². The third kappa shape index (κ3) is 7.26. The van der Waals surface area contributed by atoms with E-state index in [0.717, 1.165) is 5.69 Å². The van der Waals surface area contributed by atoms with Gasteiger partial charge >= 0.3 is 0 Å². The monoisotopic (exact) mass is 698 g/mol. The van der Waals surface area contributed by atoms with Crippen LogP contribution in [0.4, 0.5) is 23.1 Å². The summed E-state index contributed by atoms with van der Waals surface area (Å²) in [6.45, 7) is 9.93. The summed E-state index contributed by atoms with van der Waals surface area (Å²) in [5, 5.41) is 7.31. The molecule has 1 aromatic heterocycles. The van der Waals surface area contributed by atoms with Crippen molar-refractivity contribution in [3.05, 3.63) is 84.0 Å². The molecule has 14 heteroatoms. The molecule has 2 N–H and O–H groups in total.